The maximum atomic E-state index is 9.19. The number of rotatable bonds is 4. The Morgan fingerprint density at radius 3 is 2.56 bits per heavy atom. The van der Waals surface area contributed by atoms with Crippen molar-refractivity contribution in [2.45, 2.75) is 19.4 Å². The van der Waals surface area contributed by atoms with Gasteiger partial charge >= 0.3 is 0 Å². The molecule has 0 aromatic carbocycles. The van der Waals surface area contributed by atoms with Crippen molar-refractivity contribution in [1.82, 2.24) is 4.98 Å². The highest BCUT2D eigenvalue weighted by atomic mass is 35.5. The van der Waals surface area contributed by atoms with E-state index >= 15 is 0 Å². The summed E-state index contributed by atoms with van der Waals surface area (Å²) < 4.78 is 0. The molecule has 1 rings (SSSR count). The van der Waals surface area contributed by atoms with E-state index in [0.717, 1.165) is 0 Å². The zero-order chi connectivity index (χ0) is 12.3. The van der Waals surface area contributed by atoms with Crippen molar-refractivity contribution in [3.8, 4) is 0 Å². The van der Waals surface area contributed by atoms with Gasteiger partial charge in [0.05, 0.1) is 16.1 Å². The molecule has 1 N–H and O–H groups in total. The molecule has 0 aliphatic carbocycles. The molecular formula is C10H13Cl3N2O. The highest BCUT2D eigenvalue weighted by molar-refractivity contribution is 6.42. The van der Waals surface area contributed by atoms with E-state index in [-0.39, 0.29) is 11.3 Å². The summed E-state index contributed by atoms with van der Waals surface area (Å²) in [7, 11) is 1.83. The predicted molar refractivity (Wildman–Crippen MR) is 68.8 cm³/mol. The number of pyridine rings is 1. The van der Waals surface area contributed by atoms with Gasteiger partial charge < -0.3 is 10.0 Å². The van der Waals surface area contributed by atoms with Crippen LogP contribution < -0.4 is 4.90 Å². The Bertz CT molecular complexity index is 371. The Hall–Kier alpha value is -0.220. The largest absolute Gasteiger partial charge is 0.393 e. The molecule has 3 nitrogen and oxygen atoms in total. The summed E-state index contributed by atoms with van der Waals surface area (Å²) in [6.45, 7) is 2.38. The second-order valence-corrected chi connectivity index (χ2v) is 4.80. The molecule has 1 aromatic rings. The van der Waals surface area contributed by atoms with Crippen molar-refractivity contribution in [3.63, 3.8) is 0 Å². The average molecular weight is 284 g/mol. The van der Waals surface area contributed by atoms with Gasteiger partial charge in [-0.3, -0.25) is 0 Å². The first-order valence-corrected chi connectivity index (χ1v) is 5.96. The van der Waals surface area contributed by atoms with Crippen LogP contribution in [0.2, 0.25) is 15.2 Å². The van der Waals surface area contributed by atoms with Crippen LogP contribution in [0.15, 0.2) is 6.07 Å². The Kier molecular flexibility index (Phi) is 5.12. The minimum atomic E-state index is -0.357. The number of hydrogen-bond acceptors (Lipinski definition) is 3. The summed E-state index contributed by atoms with van der Waals surface area (Å²) in [6, 6.07) is 1.56. The molecule has 0 bridgehead atoms. The number of nitrogens with zero attached hydrogens (tertiary/aromatic N) is 2. The van der Waals surface area contributed by atoms with Crippen molar-refractivity contribution in [1.29, 1.82) is 0 Å². The molecular weight excluding hydrogens is 270 g/mol. The van der Waals surface area contributed by atoms with Crippen molar-refractivity contribution >= 4 is 40.6 Å². The molecule has 0 aliphatic heterocycles. The number of anilines is 1. The fraction of sp³-hybridized carbons (Fsp3) is 0.500. The lowest BCUT2D eigenvalue weighted by Gasteiger charge is -2.20. The van der Waals surface area contributed by atoms with Crippen LogP contribution in [-0.4, -0.2) is 29.8 Å². The van der Waals surface area contributed by atoms with E-state index in [9.17, 15) is 5.11 Å². The van der Waals surface area contributed by atoms with Crippen LogP contribution in [0, 0.1) is 0 Å². The van der Waals surface area contributed by atoms with Gasteiger partial charge in [0.15, 0.2) is 0 Å². The fourth-order valence-electron chi connectivity index (χ4n) is 1.19. The smallest absolute Gasteiger partial charge is 0.150 e. The lowest BCUT2D eigenvalue weighted by Crippen LogP contribution is -2.23. The van der Waals surface area contributed by atoms with E-state index in [0.29, 0.717) is 28.8 Å². The molecule has 16 heavy (non-hydrogen) atoms. The van der Waals surface area contributed by atoms with Crippen LogP contribution in [0.4, 0.5) is 5.82 Å². The number of aromatic nitrogens is 1. The van der Waals surface area contributed by atoms with Crippen LogP contribution in [-0.2, 0) is 0 Å². The standard InChI is InChI=1S/C10H13Cl3N2O/c1-6(16)3-4-15(2)10-8(12)5-7(11)9(13)14-10/h5-6,16H,3-4H2,1-2H3. The monoisotopic (exact) mass is 282 g/mol. The Morgan fingerprint density at radius 1 is 1.38 bits per heavy atom. The zero-order valence-electron chi connectivity index (χ0n) is 9.04. The SMILES string of the molecule is CC(O)CCN(C)c1nc(Cl)c(Cl)cc1Cl. The molecule has 0 spiro atoms. The summed E-state index contributed by atoms with van der Waals surface area (Å²) in [6.07, 6.45) is 0.276. The maximum absolute atomic E-state index is 9.19. The van der Waals surface area contributed by atoms with Crippen LogP contribution in [0.5, 0.6) is 0 Å². The first-order valence-electron chi connectivity index (χ1n) is 4.82. The van der Waals surface area contributed by atoms with Crippen LogP contribution in [0.25, 0.3) is 0 Å². The van der Waals surface area contributed by atoms with E-state index in [4.69, 9.17) is 34.8 Å². The van der Waals surface area contributed by atoms with Gasteiger partial charge in [-0.25, -0.2) is 4.98 Å². The summed E-state index contributed by atoms with van der Waals surface area (Å²) in [5.74, 6) is 0.566. The van der Waals surface area contributed by atoms with E-state index in [1.165, 1.54) is 0 Å². The fourth-order valence-corrected chi connectivity index (χ4v) is 1.83. The molecule has 0 aliphatic rings. The number of aliphatic hydroxyl groups excluding tert-OH is 1. The molecule has 1 aromatic heterocycles. The van der Waals surface area contributed by atoms with E-state index in [1.54, 1.807) is 13.0 Å². The van der Waals surface area contributed by atoms with Gasteiger partial charge in [0, 0.05) is 13.6 Å². The number of hydrogen-bond donors (Lipinski definition) is 1. The van der Waals surface area contributed by atoms with E-state index in [2.05, 4.69) is 4.98 Å². The molecule has 1 heterocycles. The molecule has 0 saturated heterocycles. The molecule has 0 saturated carbocycles. The summed E-state index contributed by atoms with van der Waals surface area (Å²) in [4.78, 5) is 5.93. The van der Waals surface area contributed by atoms with Gasteiger partial charge in [0.25, 0.3) is 0 Å². The predicted octanol–water partition coefficient (Wildman–Crippen LogP) is 3.25. The third kappa shape index (κ3) is 3.67. The highest BCUT2D eigenvalue weighted by Gasteiger charge is 2.12. The first-order chi connectivity index (χ1) is 7.41. The molecule has 1 unspecified atom stereocenters. The zero-order valence-corrected chi connectivity index (χ0v) is 11.3. The van der Waals surface area contributed by atoms with Crippen molar-refractivity contribution in [3.05, 3.63) is 21.3 Å². The van der Waals surface area contributed by atoms with Gasteiger partial charge in [0.2, 0.25) is 0 Å². The summed E-state index contributed by atoms with van der Waals surface area (Å²) >= 11 is 17.6. The van der Waals surface area contributed by atoms with E-state index in [1.807, 2.05) is 11.9 Å². The molecule has 6 heteroatoms. The Labute approximate surface area is 110 Å². The van der Waals surface area contributed by atoms with Crippen molar-refractivity contribution < 1.29 is 5.11 Å². The lowest BCUT2D eigenvalue weighted by molar-refractivity contribution is 0.187. The second-order valence-electron chi connectivity index (χ2n) is 3.63. The quantitative estimate of drug-likeness (QED) is 0.862. The van der Waals surface area contributed by atoms with Gasteiger partial charge in [-0.15, -0.1) is 0 Å². The van der Waals surface area contributed by atoms with Crippen LogP contribution >= 0.6 is 34.8 Å². The Morgan fingerprint density at radius 2 is 2.00 bits per heavy atom. The average Bonchev–Trinajstić information content (AvgIpc) is 2.20. The Balaban J connectivity index is 2.82. The van der Waals surface area contributed by atoms with Gasteiger partial charge in [-0.05, 0) is 19.4 Å². The maximum Gasteiger partial charge on any atom is 0.150 e. The number of aliphatic hydroxyl groups is 1. The van der Waals surface area contributed by atoms with Gasteiger partial charge in [0.1, 0.15) is 11.0 Å². The highest BCUT2D eigenvalue weighted by Crippen LogP contribution is 2.30. The minimum Gasteiger partial charge on any atom is -0.393 e. The second kappa shape index (κ2) is 5.92. The molecule has 0 fully saturated rings. The molecule has 1 atom stereocenters. The van der Waals surface area contributed by atoms with Gasteiger partial charge in [-0.2, -0.15) is 0 Å². The molecule has 0 amide bonds. The van der Waals surface area contributed by atoms with Gasteiger partial charge in [-0.1, -0.05) is 34.8 Å². The number of halogens is 3. The molecule has 90 valence electrons. The van der Waals surface area contributed by atoms with Crippen LogP contribution in [0.3, 0.4) is 0 Å². The minimum absolute atomic E-state index is 0.227. The summed E-state index contributed by atoms with van der Waals surface area (Å²) in [5, 5.41) is 10.2. The van der Waals surface area contributed by atoms with Crippen LogP contribution in [0.1, 0.15) is 13.3 Å². The third-order valence-corrected chi connectivity index (χ3v) is 3.06. The topological polar surface area (TPSA) is 36.4 Å². The summed E-state index contributed by atoms with van der Waals surface area (Å²) in [5.41, 5.74) is 0. The van der Waals surface area contributed by atoms with E-state index < -0.39 is 0 Å². The lowest BCUT2D eigenvalue weighted by atomic mass is 10.3. The third-order valence-electron chi connectivity index (χ3n) is 2.11. The van der Waals surface area contributed by atoms with Crippen molar-refractivity contribution in [2.75, 3.05) is 18.5 Å². The first kappa shape index (κ1) is 13.8. The van der Waals surface area contributed by atoms with Crippen molar-refractivity contribution in [2.24, 2.45) is 0 Å². The molecule has 0 radical (unpaired) electrons. The normalized spacial score (nSPS) is 12.6.